The summed E-state index contributed by atoms with van der Waals surface area (Å²) in [5, 5.41) is 6.90. The van der Waals surface area contributed by atoms with Crippen molar-refractivity contribution in [1.29, 1.82) is 0 Å². The summed E-state index contributed by atoms with van der Waals surface area (Å²) in [5.74, 6) is 1.65. The first-order chi connectivity index (χ1) is 16.5. The van der Waals surface area contributed by atoms with Crippen LogP contribution in [0.1, 0.15) is 92.8 Å². The number of unbranched alkanes of at least 4 members (excludes halogenated alkanes) is 1. The van der Waals surface area contributed by atoms with Crippen LogP contribution in [-0.4, -0.2) is 50.0 Å². The van der Waals surface area contributed by atoms with E-state index < -0.39 is 0 Å². The van der Waals surface area contributed by atoms with E-state index in [0.717, 1.165) is 19.3 Å². The van der Waals surface area contributed by atoms with E-state index in [4.69, 9.17) is 0 Å². The molecule has 3 atom stereocenters. The highest BCUT2D eigenvalue weighted by atomic mass is 16.2. The molecule has 3 rings (SSSR count). The summed E-state index contributed by atoms with van der Waals surface area (Å²) in [4.78, 5) is 30.3. The molecule has 1 amide bonds. The molecule has 0 aliphatic heterocycles. The van der Waals surface area contributed by atoms with Crippen LogP contribution in [-0.2, 0) is 10.2 Å². The largest absolute Gasteiger partial charge is 0.359 e. The Morgan fingerprint density at radius 3 is 2.54 bits per heavy atom. The van der Waals surface area contributed by atoms with Crippen LogP contribution in [0.4, 0.5) is 5.82 Å². The highest BCUT2D eigenvalue weighted by molar-refractivity contribution is 5.87. The molecule has 1 aliphatic rings. The fourth-order valence-corrected chi connectivity index (χ4v) is 4.71. The zero-order valence-electron chi connectivity index (χ0n) is 22.5. The summed E-state index contributed by atoms with van der Waals surface area (Å²) < 4.78 is 0. The van der Waals surface area contributed by atoms with Crippen molar-refractivity contribution in [1.82, 2.24) is 36.1 Å². The number of hydrogen-bond acceptors (Lipinski definition) is 8. The van der Waals surface area contributed by atoms with E-state index in [1.807, 2.05) is 0 Å². The second-order valence-electron chi connectivity index (χ2n) is 11.9. The molecule has 1 aliphatic carbocycles. The van der Waals surface area contributed by atoms with Crippen molar-refractivity contribution in [3.63, 3.8) is 0 Å². The summed E-state index contributed by atoms with van der Waals surface area (Å²) in [6.45, 7) is 15.2. The number of fused-ring (bicyclic) bond motifs is 1. The maximum Gasteiger partial charge on any atom is 0.253 e. The number of hydrogen-bond donors (Lipinski definition) is 4. The van der Waals surface area contributed by atoms with Gasteiger partial charge in [-0.25, -0.2) is 25.4 Å². The summed E-state index contributed by atoms with van der Waals surface area (Å²) >= 11 is 0. The third-order valence-electron chi connectivity index (χ3n) is 6.41. The first kappa shape index (κ1) is 27.2. The number of carbonyl (C=O) groups is 1. The molecule has 2 aromatic heterocycles. The summed E-state index contributed by atoms with van der Waals surface area (Å²) in [6, 6.07) is 0.809. The van der Waals surface area contributed by atoms with Gasteiger partial charge in [-0.05, 0) is 52.4 Å². The number of amides is 1. The first-order valence-electron chi connectivity index (χ1n) is 13.0. The van der Waals surface area contributed by atoms with Crippen LogP contribution in [0, 0.1) is 5.92 Å². The average molecular weight is 485 g/mol. The minimum atomic E-state index is -0.196. The van der Waals surface area contributed by atoms with E-state index in [9.17, 15) is 4.79 Å². The second kappa shape index (κ2) is 11.6. The second-order valence-corrected chi connectivity index (χ2v) is 11.9. The highest BCUT2D eigenvalue weighted by Gasteiger charge is 2.32. The number of rotatable bonds is 9. The van der Waals surface area contributed by atoms with Crippen molar-refractivity contribution in [2.45, 2.75) is 110 Å². The Morgan fingerprint density at radius 2 is 1.86 bits per heavy atom. The van der Waals surface area contributed by atoms with Gasteiger partial charge in [-0.15, -0.1) is 0 Å². The standard InChI is InChI=1S/C26H44N8O/c1-8-9-10-17-13-18(32-26(5,6)7)11-12-19(17)33-34-21(35)15-27-23-22-20(29-16-30-23)14-28-24(31-22)25(2,3)4/h14,16-19,32-33H,8-13,15H2,1-7H3,(H,34,35)(H,27,29,30)/t17-,18-,19+/m1/s1. The van der Waals surface area contributed by atoms with Gasteiger partial charge in [-0.1, -0.05) is 40.5 Å². The van der Waals surface area contributed by atoms with E-state index in [0.29, 0.717) is 34.6 Å². The van der Waals surface area contributed by atoms with Gasteiger partial charge in [0.05, 0.1) is 12.7 Å². The molecule has 4 N–H and O–H groups in total. The number of carbonyl (C=O) groups excluding carboxylic acids is 1. The fourth-order valence-electron chi connectivity index (χ4n) is 4.71. The lowest BCUT2D eigenvalue weighted by Crippen LogP contribution is -2.54. The molecule has 1 saturated carbocycles. The van der Waals surface area contributed by atoms with Gasteiger partial charge in [-0.3, -0.25) is 10.2 Å². The van der Waals surface area contributed by atoms with Crippen LogP contribution in [0.5, 0.6) is 0 Å². The van der Waals surface area contributed by atoms with Crippen molar-refractivity contribution in [3.8, 4) is 0 Å². The van der Waals surface area contributed by atoms with Crippen molar-refractivity contribution in [3.05, 3.63) is 18.3 Å². The molecule has 194 valence electrons. The van der Waals surface area contributed by atoms with Crippen LogP contribution in [0.25, 0.3) is 11.0 Å². The fraction of sp³-hybridized carbons (Fsp3) is 0.731. The molecular weight excluding hydrogens is 440 g/mol. The Bertz CT molecular complexity index is 981. The van der Waals surface area contributed by atoms with Crippen LogP contribution in [0.3, 0.4) is 0 Å². The number of nitrogens with one attached hydrogen (secondary N) is 4. The molecule has 9 heteroatoms. The van der Waals surface area contributed by atoms with Crippen LogP contribution < -0.4 is 21.5 Å². The smallest absolute Gasteiger partial charge is 0.253 e. The van der Waals surface area contributed by atoms with E-state index in [1.54, 1.807) is 6.20 Å². The minimum absolute atomic E-state index is 0.0918. The van der Waals surface area contributed by atoms with Gasteiger partial charge in [0.2, 0.25) is 0 Å². The molecule has 0 aromatic carbocycles. The Kier molecular flexibility index (Phi) is 8.99. The predicted octanol–water partition coefficient (Wildman–Crippen LogP) is 3.87. The Morgan fingerprint density at radius 1 is 1.09 bits per heavy atom. The lowest BCUT2D eigenvalue weighted by atomic mass is 9.78. The zero-order chi connectivity index (χ0) is 25.6. The van der Waals surface area contributed by atoms with Crippen LogP contribution >= 0.6 is 0 Å². The molecule has 2 aromatic rings. The number of anilines is 1. The topological polar surface area (TPSA) is 117 Å². The van der Waals surface area contributed by atoms with Crippen molar-refractivity contribution < 1.29 is 4.79 Å². The predicted molar refractivity (Wildman–Crippen MR) is 141 cm³/mol. The van der Waals surface area contributed by atoms with Gasteiger partial charge in [0.25, 0.3) is 5.91 Å². The number of nitrogens with zero attached hydrogens (tertiary/aromatic N) is 4. The highest BCUT2D eigenvalue weighted by Crippen LogP contribution is 2.30. The molecule has 2 heterocycles. The lowest BCUT2D eigenvalue weighted by Gasteiger charge is -2.40. The van der Waals surface area contributed by atoms with Gasteiger partial charge >= 0.3 is 0 Å². The van der Waals surface area contributed by atoms with Gasteiger partial charge < -0.3 is 10.6 Å². The molecule has 0 saturated heterocycles. The summed E-state index contributed by atoms with van der Waals surface area (Å²) in [5.41, 5.74) is 7.46. The monoisotopic (exact) mass is 484 g/mol. The van der Waals surface area contributed by atoms with Crippen molar-refractivity contribution >= 4 is 22.8 Å². The molecule has 35 heavy (non-hydrogen) atoms. The van der Waals surface area contributed by atoms with Gasteiger partial charge in [0.15, 0.2) is 5.82 Å². The normalized spacial score (nSPS) is 21.2. The quantitative estimate of drug-likeness (QED) is 0.396. The number of hydrazine groups is 1. The van der Waals surface area contributed by atoms with Crippen LogP contribution in [0.15, 0.2) is 12.5 Å². The Hall–Kier alpha value is -2.39. The van der Waals surface area contributed by atoms with Crippen molar-refractivity contribution in [2.24, 2.45) is 5.92 Å². The van der Waals surface area contributed by atoms with E-state index in [2.05, 4.69) is 89.9 Å². The van der Waals surface area contributed by atoms with Crippen molar-refractivity contribution in [2.75, 3.05) is 11.9 Å². The minimum Gasteiger partial charge on any atom is -0.359 e. The molecule has 0 spiro atoms. The molecule has 0 unspecified atom stereocenters. The molecular formula is C26H44N8O. The third kappa shape index (κ3) is 8.07. The summed E-state index contributed by atoms with van der Waals surface area (Å²) in [6.07, 6.45) is 10.0. The van der Waals surface area contributed by atoms with Crippen LogP contribution in [0.2, 0.25) is 0 Å². The zero-order valence-corrected chi connectivity index (χ0v) is 22.5. The molecule has 9 nitrogen and oxygen atoms in total. The number of aromatic nitrogens is 4. The first-order valence-corrected chi connectivity index (χ1v) is 13.0. The molecule has 0 bridgehead atoms. The lowest BCUT2D eigenvalue weighted by molar-refractivity contribution is -0.120. The van der Waals surface area contributed by atoms with Gasteiger partial charge in [0.1, 0.15) is 23.2 Å². The summed E-state index contributed by atoms with van der Waals surface area (Å²) in [7, 11) is 0. The SMILES string of the molecule is CCCC[C@@H]1C[C@H](NC(C)(C)C)CC[C@@H]1NNC(=O)CNc1ncnc2cnc(C(C)(C)C)nc12. The Labute approximate surface area is 210 Å². The third-order valence-corrected chi connectivity index (χ3v) is 6.41. The molecule has 0 radical (unpaired) electrons. The van der Waals surface area contributed by atoms with E-state index in [-0.39, 0.29) is 29.4 Å². The maximum absolute atomic E-state index is 12.7. The molecule has 1 fully saturated rings. The maximum atomic E-state index is 12.7. The van der Waals surface area contributed by atoms with Gasteiger partial charge in [0, 0.05) is 23.0 Å². The van der Waals surface area contributed by atoms with E-state index >= 15 is 0 Å². The van der Waals surface area contributed by atoms with Gasteiger partial charge in [-0.2, -0.15) is 0 Å². The average Bonchev–Trinajstić information content (AvgIpc) is 2.78. The van der Waals surface area contributed by atoms with E-state index in [1.165, 1.54) is 25.6 Å². The Balaban J connectivity index is 1.57.